The molecule has 0 saturated heterocycles. The summed E-state index contributed by atoms with van der Waals surface area (Å²) in [6.07, 6.45) is 14.2. The SMILES string of the molecule is CCCCCCCCCCCCCCCC(=O)OC(C[N+](C)(C)C)=[P+]([O-])P(=O)(O)OCC(O)CO. The van der Waals surface area contributed by atoms with Crippen molar-refractivity contribution in [3.05, 3.63) is 0 Å². The van der Waals surface area contributed by atoms with Gasteiger partial charge in [-0.1, -0.05) is 84.0 Å². The van der Waals surface area contributed by atoms with Crippen molar-refractivity contribution in [2.24, 2.45) is 0 Å². The molecule has 0 saturated carbocycles. The Bertz CT molecular complexity index is 652. The van der Waals surface area contributed by atoms with Crippen LogP contribution in [0.2, 0.25) is 0 Å². The first-order valence-corrected chi connectivity index (χ1v) is 16.6. The van der Waals surface area contributed by atoms with Gasteiger partial charge in [0.05, 0.1) is 34.4 Å². The van der Waals surface area contributed by atoms with Crippen LogP contribution in [0, 0.1) is 0 Å². The topological polar surface area (TPSA) is 136 Å². The molecule has 9 nitrogen and oxygen atoms in total. The van der Waals surface area contributed by atoms with Crippen LogP contribution in [0.4, 0.5) is 0 Å². The van der Waals surface area contributed by atoms with Gasteiger partial charge in [-0.25, -0.2) is 4.57 Å². The molecule has 0 aromatic heterocycles. The molecule has 3 N–H and O–H groups in total. The molecule has 0 aliphatic heterocycles. The summed E-state index contributed by atoms with van der Waals surface area (Å²) in [4.78, 5) is 35.1. The molecule has 0 fully saturated rings. The third-order valence-corrected chi connectivity index (χ3v) is 9.41. The Morgan fingerprint density at radius 3 is 1.83 bits per heavy atom. The highest BCUT2D eigenvalue weighted by atomic mass is 32.1. The number of unbranched alkanes of at least 4 members (excludes halogenated alkanes) is 12. The lowest BCUT2D eigenvalue weighted by atomic mass is 10.0. The van der Waals surface area contributed by atoms with Crippen molar-refractivity contribution in [1.29, 1.82) is 0 Å². The van der Waals surface area contributed by atoms with Gasteiger partial charge in [0.2, 0.25) is 7.46 Å². The number of nitrogens with zero attached hydrogens (tertiary/aromatic N) is 1. The van der Waals surface area contributed by atoms with Gasteiger partial charge in [0.1, 0.15) is 6.10 Å². The first kappa shape index (κ1) is 34.6. The molecule has 0 aromatic rings. The van der Waals surface area contributed by atoms with Crippen molar-refractivity contribution >= 4 is 26.2 Å². The zero-order valence-electron chi connectivity index (χ0n) is 22.3. The summed E-state index contributed by atoms with van der Waals surface area (Å²) in [5, 5.41) is 18.1. The Hall–Kier alpha value is -0.370. The van der Waals surface area contributed by atoms with Crippen molar-refractivity contribution in [2.75, 3.05) is 40.9 Å². The van der Waals surface area contributed by atoms with Crippen LogP contribution in [0.3, 0.4) is 0 Å². The van der Waals surface area contributed by atoms with Crippen LogP contribution < -0.4 is 4.89 Å². The van der Waals surface area contributed by atoms with Gasteiger partial charge >= 0.3 is 18.7 Å². The molecular weight excluding hydrogens is 492 g/mol. The lowest BCUT2D eigenvalue weighted by molar-refractivity contribution is -0.861. The fourth-order valence-electron chi connectivity index (χ4n) is 3.44. The van der Waals surface area contributed by atoms with Gasteiger partial charge in [0, 0.05) is 6.42 Å². The molecule has 3 atom stereocenters. The molecule has 11 heteroatoms. The lowest BCUT2D eigenvalue weighted by Crippen LogP contribution is -2.41. The predicted octanol–water partition coefficient (Wildman–Crippen LogP) is 4.07. The van der Waals surface area contributed by atoms with Gasteiger partial charge in [-0.05, 0) is 6.42 Å². The van der Waals surface area contributed by atoms with Gasteiger partial charge < -0.3 is 24.3 Å². The minimum absolute atomic E-state index is 0.0178. The van der Waals surface area contributed by atoms with Crippen molar-refractivity contribution in [2.45, 2.75) is 103 Å². The second-order valence-electron chi connectivity index (χ2n) is 10.2. The quantitative estimate of drug-likeness (QED) is 0.0806. The van der Waals surface area contributed by atoms with Gasteiger partial charge in [-0.3, -0.25) is 14.2 Å². The van der Waals surface area contributed by atoms with Crippen molar-refractivity contribution in [1.82, 2.24) is 0 Å². The molecular formula is C24H50NO8P2+. The molecule has 0 spiro atoms. The van der Waals surface area contributed by atoms with E-state index in [1.54, 1.807) is 21.1 Å². The summed E-state index contributed by atoms with van der Waals surface area (Å²) in [6.45, 7) is 0.891. The van der Waals surface area contributed by atoms with Crippen LogP contribution >= 0.6 is 14.7 Å². The zero-order valence-corrected chi connectivity index (χ0v) is 24.1. The Morgan fingerprint density at radius 1 is 0.943 bits per heavy atom. The Morgan fingerprint density at radius 2 is 1.40 bits per heavy atom. The number of quaternary nitrogens is 1. The second kappa shape index (κ2) is 19.7. The number of ether oxygens (including phenoxy) is 1. The molecule has 35 heavy (non-hydrogen) atoms. The van der Waals surface area contributed by atoms with Crippen molar-refractivity contribution in [3.8, 4) is 0 Å². The average Bonchev–Trinajstić information content (AvgIpc) is 2.78. The summed E-state index contributed by atoms with van der Waals surface area (Å²) >= 11 is 0. The van der Waals surface area contributed by atoms with E-state index in [2.05, 4.69) is 6.92 Å². The normalized spacial score (nSPS) is 15.4. The minimum atomic E-state index is -4.70. The fraction of sp³-hybridized carbons (Fsp3) is 0.917. The summed E-state index contributed by atoms with van der Waals surface area (Å²) in [7, 11) is -2.45. The highest BCUT2D eigenvalue weighted by molar-refractivity contribution is 8.24. The molecule has 0 bridgehead atoms. The minimum Gasteiger partial charge on any atom is -0.620 e. The van der Waals surface area contributed by atoms with E-state index >= 15 is 0 Å². The number of hydrogen-bond acceptors (Lipinski definition) is 7. The monoisotopic (exact) mass is 542 g/mol. The van der Waals surface area contributed by atoms with Gasteiger partial charge in [0.15, 0.2) is 6.54 Å². The highest BCUT2D eigenvalue weighted by Gasteiger charge is 2.39. The van der Waals surface area contributed by atoms with Gasteiger partial charge in [-0.15, -0.1) is 0 Å². The first-order chi connectivity index (χ1) is 16.4. The van der Waals surface area contributed by atoms with Crippen LogP contribution in [-0.4, -0.2) is 78.0 Å². The molecule has 3 unspecified atom stereocenters. The number of likely N-dealkylation sites (N-methyl/N-ethyl adjacent to an activating group) is 1. The Kier molecular flexibility index (Phi) is 19.5. The van der Waals surface area contributed by atoms with E-state index in [9.17, 15) is 24.3 Å². The maximum atomic E-state index is 12.7. The zero-order chi connectivity index (χ0) is 26.7. The first-order valence-electron chi connectivity index (χ1n) is 13.0. The number of aliphatic hydroxyl groups is 2. The molecule has 0 radical (unpaired) electrons. The van der Waals surface area contributed by atoms with Crippen molar-refractivity contribution in [3.63, 3.8) is 0 Å². The Balaban J connectivity index is 4.40. The summed E-state index contributed by atoms with van der Waals surface area (Å²) in [5.41, 5.74) is -0.295. The number of hydrogen-bond donors (Lipinski definition) is 3. The molecule has 0 amide bonds. The predicted molar refractivity (Wildman–Crippen MR) is 140 cm³/mol. The van der Waals surface area contributed by atoms with Crippen molar-refractivity contribution < 1.29 is 43.1 Å². The third kappa shape index (κ3) is 19.4. The number of esters is 1. The van der Waals surface area contributed by atoms with E-state index < -0.39 is 40.0 Å². The second-order valence-corrected chi connectivity index (χ2v) is 15.1. The van der Waals surface area contributed by atoms with E-state index in [-0.39, 0.29) is 22.9 Å². The number of rotatable bonds is 22. The maximum Gasteiger partial charge on any atom is 0.524 e. The van der Waals surface area contributed by atoms with Gasteiger partial charge in [0.25, 0.3) is 0 Å². The average molecular weight is 543 g/mol. The van der Waals surface area contributed by atoms with E-state index in [4.69, 9.17) is 14.4 Å². The summed E-state index contributed by atoms with van der Waals surface area (Å²) in [5.74, 6) is -0.588. The molecule has 0 rings (SSSR count). The number of carbonyl (C=O) groups is 1. The van der Waals surface area contributed by atoms with Crippen LogP contribution in [0.1, 0.15) is 96.8 Å². The molecule has 0 heterocycles. The maximum absolute atomic E-state index is 12.7. The van der Waals surface area contributed by atoms with E-state index in [1.165, 1.54) is 57.8 Å². The number of carbonyl (C=O) groups excluding carboxylic acids is 1. The van der Waals surface area contributed by atoms with E-state index in [1.807, 2.05) is 0 Å². The van der Waals surface area contributed by atoms with Gasteiger partial charge in [-0.2, -0.15) is 0 Å². The lowest BCUT2D eigenvalue weighted by Gasteiger charge is -2.23. The highest BCUT2D eigenvalue weighted by Crippen LogP contribution is 2.63. The van der Waals surface area contributed by atoms with Crippen LogP contribution in [0.15, 0.2) is 0 Å². The summed E-state index contributed by atoms with van der Waals surface area (Å²) in [6, 6.07) is 0. The Labute approximate surface area is 213 Å². The van der Waals surface area contributed by atoms with Crippen LogP contribution in [-0.2, 0) is 18.6 Å². The smallest absolute Gasteiger partial charge is 0.524 e. The van der Waals surface area contributed by atoms with Crippen LogP contribution in [0.25, 0.3) is 0 Å². The van der Waals surface area contributed by atoms with E-state index in [0.717, 1.165) is 19.3 Å². The molecule has 208 valence electrons. The summed E-state index contributed by atoms with van der Waals surface area (Å²) < 4.78 is 22.6. The molecule has 0 aliphatic rings. The standard InChI is InChI=1S/C24H49NO8P2/c1-5-6-7-8-9-10-11-12-13-14-15-16-17-18-23(28)33-24(19-25(2,3)4)34(29)35(30,31)32-21-22(27)20-26/h22,26-27H,5-21H2,1-4H3/p+1. The molecule has 0 aromatic carbocycles. The van der Waals surface area contributed by atoms with E-state index in [0.29, 0.717) is 6.42 Å². The molecule has 0 aliphatic carbocycles. The van der Waals surface area contributed by atoms with Crippen LogP contribution in [0.5, 0.6) is 0 Å². The largest absolute Gasteiger partial charge is 0.620 e. The fourth-order valence-corrected chi connectivity index (χ4v) is 6.59. The third-order valence-electron chi connectivity index (χ3n) is 5.41. The number of aliphatic hydroxyl groups excluding tert-OH is 2.